The van der Waals surface area contributed by atoms with Gasteiger partial charge >= 0.3 is 0 Å². The van der Waals surface area contributed by atoms with Crippen LogP contribution in [0.2, 0.25) is 0 Å². The van der Waals surface area contributed by atoms with Crippen molar-refractivity contribution < 1.29 is 4.79 Å². The van der Waals surface area contributed by atoms with Gasteiger partial charge in [0.05, 0.1) is 12.2 Å². The fourth-order valence-corrected chi connectivity index (χ4v) is 3.70. The molecule has 4 nitrogen and oxygen atoms in total. The maximum atomic E-state index is 13.2. The van der Waals surface area contributed by atoms with Crippen molar-refractivity contribution in [2.75, 3.05) is 6.54 Å². The van der Waals surface area contributed by atoms with E-state index in [1.54, 1.807) is 6.20 Å². The minimum Gasteiger partial charge on any atom is -0.332 e. The van der Waals surface area contributed by atoms with Crippen LogP contribution in [0.1, 0.15) is 40.4 Å². The van der Waals surface area contributed by atoms with Gasteiger partial charge in [-0.05, 0) is 48.6 Å². The number of aryl methyl sites for hydroxylation is 1. The lowest BCUT2D eigenvalue weighted by molar-refractivity contribution is 0.0735. The molecule has 0 radical (unpaired) electrons. The highest BCUT2D eigenvalue weighted by atomic mass is 16.2. The van der Waals surface area contributed by atoms with E-state index < -0.39 is 0 Å². The molecule has 2 heterocycles. The Labute approximate surface area is 147 Å². The predicted molar refractivity (Wildman–Crippen MR) is 98.2 cm³/mol. The maximum absolute atomic E-state index is 13.2. The van der Waals surface area contributed by atoms with Crippen molar-refractivity contribution in [3.05, 3.63) is 77.6 Å². The third-order valence-electron chi connectivity index (χ3n) is 5.00. The average Bonchev–Trinajstić information content (AvgIpc) is 3.33. The van der Waals surface area contributed by atoms with Crippen molar-refractivity contribution in [3.8, 4) is 11.1 Å². The smallest absolute Gasteiger partial charge is 0.254 e. The van der Waals surface area contributed by atoms with Gasteiger partial charge in [-0.25, -0.2) is 0 Å². The van der Waals surface area contributed by atoms with E-state index in [9.17, 15) is 4.79 Å². The van der Waals surface area contributed by atoms with E-state index in [2.05, 4.69) is 35.3 Å². The van der Waals surface area contributed by atoms with E-state index >= 15 is 0 Å². The van der Waals surface area contributed by atoms with E-state index in [0.29, 0.717) is 0 Å². The molecule has 3 aromatic rings. The molecule has 1 aliphatic rings. The molecule has 2 aromatic carbocycles. The van der Waals surface area contributed by atoms with Gasteiger partial charge in [-0.2, -0.15) is 5.10 Å². The van der Waals surface area contributed by atoms with Crippen molar-refractivity contribution in [2.45, 2.75) is 25.8 Å². The van der Waals surface area contributed by atoms with E-state index in [1.165, 1.54) is 11.1 Å². The highest BCUT2D eigenvalue weighted by molar-refractivity contribution is 5.96. The SMILES string of the molecule is Cc1ccccc1[C@@H]1CCCN1C(=O)c1cccc(-c2cn[nH]c2)c1. The van der Waals surface area contributed by atoms with Gasteiger partial charge < -0.3 is 4.90 Å². The number of rotatable bonds is 3. The first-order chi connectivity index (χ1) is 12.2. The predicted octanol–water partition coefficient (Wildman–Crippen LogP) is 4.36. The molecule has 0 saturated carbocycles. The van der Waals surface area contributed by atoms with Crippen molar-refractivity contribution >= 4 is 5.91 Å². The molecule has 1 aliphatic heterocycles. The lowest BCUT2D eigenvalue weighted by atomic mass is 9.98. The molecule has 1 fully saturated rings. The van der Waals surface area contributed by atoms with Gasteiger partial charge in [0.15, 0.2) is 0 Å². The summed E-state index contributed by atoms with van der Waals surface area (Å²) < 4.78 is 0. The number of nitrogens with zero attached hydrogens (tertiary/aromatic N) is 2. The maximum Gasteiger partial charge on any atom is 0.254 e. The lowest BCUT2D eigenvalue weighted by Gasteiger charge is -2.26. The molecule has 4 rings (SSSR count). The summed E-state index contributed by atoms with van der Waals surface area (Å²) in [5, 5.41) is 6.81. The first-order valence-corrected chi connectivity index (χ1v) is 8.70. The molecule has 0 bridgehead atoms. The Bertz CT molecular complexity index is 886. The first-order valence-electron chi connectivity index (χ1n) is 8.70. The van der Waals surface area contributed by atoms with E-state index in [0.717, 1.165) is 36.1 Å². The number of aromatic nitrogens is 2. The Balaban J connectivity index is 1.64. The van der Waals surface area contributed by atoms with Gasteiger partial charge in [-0.15, -0.1) is 0 Å². The minimum absolute atomic E-state index is 0.107. The van der Waals surface area contributed by atoms with Crippen molar-refractivity contribution in [2.24, 2.45) is 0 Å². The van der Waals surface area contributed by atoms with Crippen LogP contribution >= 0.6 is 0 Å². The second kappa shape index (κ2) is 6.55. The second-order valence-corrected chi connectivity index (χ2v) is 6.58. The second-order valence-electron chi connectivity index (χ2n) is 6.58. The van der Waals surface area contributed by atoms with Crippen LogP contribution in [0.4, 0.5) is 0 Å². The van der Waals surface area contributed by atoms with Gasteiger partial charge in [-0.1, -0.05) is 36.4 Å². The molecule has 0 spiro atoms. The monoisotopic (exact) mass is 331 g/mol. The van der Waals surface area contributed by atoms with Crippen LogP contribution in [-0.4, -0.2) is 27.5 Å². The Morgan fingerprint density at radius 1 is 1.16 bits per heavy atom. The third-order valence-corrected chi connectivity index (χ3v) is 5.00. The van der Waals surface area contributed by atoms with Gasteiger partial charge in [0.2, 0.25) is 0 Å². The molecular formula is C21H21N3O. The molecule has 1 amide bonds. The Hall–Kier alpha value is -2.88. The largest absolute Gasteiger partial charge is 0.332 e. The van der Waals surface area contributed by atoms with Crippen LogP contribution in [0.15, 0.2) is 60.9 Å². The molecule has 4 heteroatoms. The summed E-state index contributed by atoms with van der Waals surface area (Å²) in [6.07, 6.45) is 5.69. The van der Waals surface area contributed by atoms with Crippen molar-refractivity contribution in [1.82, 2.24) is 15.1 Å². The molecule has 1 N–H and O–H groups in total. The number of carbonyl (C=O) groups excluding carboxylic acids is 1. The van der Waals surface area contributed by atoms with Crippen molar-refractivity contribution in [3.63, 3.8) is 0 Å². The first kappa shape index (κ1) is 15.6. The van der Waals surface area contributed by atoms with E-state index in [4.69, 9.17) is 0 Å². The summed E-state index contributed by atoms with van der Waals surface area (Å²) in [5.74, 6) is 0.107. The molecular weight excluding hydrogens is 310 g/mol. The summed E-state index contributed by atoms with van der Waals surface area (Å²) in [5.41, 5.74) is 5.25. The number of carbonyl (C=O) groups is 1. The van der Waals surface area contributed by atoms with Gasteiger partial charge in [0.1, 0.15) is 0 Å². The van der Waals surface area contributed by atoms with E-state index in [1.807, 2.05) is 41.4 Å². The van der Waals surface area contributed by atoms with Gasteiger partial charge in [0.25, 0.3) is 5.91 Å². The zero-order chi connectivity index (χ0) is 17.2. The fourth-order valence-electron chi connectivity index (χ4n) is 3.70. The van der Waals surface area contributed by atoms with Crippen LogP contribution < -0.4 is 0 Å². The molecule has 0 aliphatic carbocycles. The number of aromatic amines is 1. The van der Waals surface area contributed by atoms with Gasteiger partial charge in [0, 0.05) is 23.9 Å². The van der Waals surface area contributed by atoms with Crippen LogP contribution in [0.25, 0.3) is 11.1 Å². The Morgan fingerprint density at radius 2 is 2.04 bits per heavy atom. The number of amides is 1. The molecule has 1 atom stereocenters. The van der Waals surface area contributed by atoms with Gasteiger partial charge in [-0.3, -0.25) is 9.89 Å². The number of hydrogen-bond acceptors (Lipinski definition) is 2. The van der Waals surface area contributed by atoms with E-state index in [-0.39, 0.29) is 11.9 Å². The average molecular weight is 331 g/mol. The number of likely N-dealkylation sites (tertiary alicyclic amines) is 1. The molecule has 0 unspecified atom stereocenters. The summed E-state index contributed by atoms with van der Waals surface area (Å²) in [4.78, 5) is 15.2. The molecule has 1 saturated heterocycles. The summed E-state index contributed by atoms with van der Waals surface area (Å²) >= 11 is 0. The highest BCUT2D eigenvalue weighted by Crippen LogP contribution is 2.35. The topological polar surface area (TPSA) is 49.0 Å². The third kappa shape index (κ3) is 2.95. The Morgan fingerprint density at radius 3 is 2.84 bits per heavy atom. The van der Waals surface area contributed by atoms with Crippen LogP contribution in [-0.2, 0) is 0 Å². The summed E-state index contributed by atoms with van der Waals surface area (Å²) in [7, 11) is 0. The standard InChI is InChI=1S/C21H21N3O/c1-15-6-2-3-9-19(15)20-10-5-11-24(20)21(25)17-8-4-7-16(12-17)18-13-22-23-14-18/h2-4,6-9,12-14,20H,5,10-11H2,1H3,(H,22,23)/t20-/m0/s1. The lowest BCUT2D eigenvalue weighted by Crippen LogP contribution is -2.30. The summed E-state index contributed by atoms with van der Waals surface area (Å²) in [6, 6.07) is 16.4. The van der Waals surface area contributed by atoms with Crippen molar-refractivity contribution in [1.29, 1.82) is 0 Å². The van der Waals surface area contributed by atoms with Crippen LogP contribution in [0.5, 0.6) is 0 Å². The summed E-state index contributed by atoms with van der Waals surface area (Å²) in [6.45, 7) is 2.93. The molecule has 126 valence electrons. The minimum atomic E-state index is 0.107. The zero-order valence-corrected chi connectivity index (χ0v) is 14.3. The number of nitrogens with one attached hydrogen (secondary N) is 1. The zero-order valence-electron chi connectivity index (χ0n) is 14.3. The number of H-pyrrole nitrogens is 1. The molecule has 1 aromatic heterocycles. The normalized spacial score (nSPS) is 17.0. The van der Waals surface area contributed by atoms with Crippen LogP contribution in [0, 0.1) is 6.92 Å². The quantitative estimate of drug-likeness (QED) is 0.775. The number of benzene rings is 2. The Kier molecular flexibility index (Phi) is 4.10. The molecule has 25 heavy (non-hydrogen) atoms. The number of hydrogen-bond donors (Lipinski definition) is 1. The fraction of sp³-hybridized carbons (Fsp3) is 0.238. The highest BCUT2D eigenvalue weighted by Gasteiger charge is 2.31. The van der Waals surface area contributed by atoms with Crippen LogP contribution in [0.3, 0.4) is 0 Å².